The number of nitrogens with one attached hydrogen (secondary N) is 1. The molecule has 0 aliphatic heterocycles. The van der Waals surface area contributed by atoms with Crippen molar-refractivity contribution in [3.05, 3.63) is 95.3 Å². The Hall–Kier alpha value is -3.72. The van der Waals surface area contributed by atoms with Crippen LogP contribution in [0.15, 0.2) is 77.7 Å². The van der Waals surface area contributed by atoms with E-state index in [-0.39, 0.29) is 17.0 Å². The second-order valence-electron chi connectivity index (χ2n) is 10.6. The summed E-state index contributed by atoms with van der Waals surface area (Å²) in [5.41, 5.74) is 1.55. The maximum absolute atomic E-state index is 14.6. The maximum Gasteiger partial charge on any atom is 0.264 e. The third-order valence-corrected chi connectivity index (χ3v) is 8.19. The van der Waals surface area contributed by atoms with E-state index in [1.807, 2.05) is 33.8 Å². The van der Waals surface area contributed by atoms with Crippen LogP contribution in [0.25, 0.3) is 0 Å². The topological polar surface area (TPSA) is 86.8 Å². The summed E-state index contributed by atoms with van der Waals surface area (Å²) in [5, 5.41) is 2.85. The molecule has 0 bridgehead atoms. The average molecular weight is 554 g/mol. The second kappa shape index (κ2) is 12.0. The van der Waals surface area contributed by atoms with Gasteiger partial charge in [-0.1, -0.05) is 48.5 Å². The normalized spacial score (nSPS) is 12.5. The van der Waals surface area contributed by atoms with Crippen LogP contribution in [0.4, 0.5) is 10.1 Å². The fraction of sp³-hybridized carbons (Fsp3) is 0.333. The molecule has 9 heteroatoms. The number of hydrogen-bond acceptors (Lipinski definition) is 4. The number of anilines is 1. The van der Waals surface area contributed by atoms with E-state index in [1.54, 1.807) is 50.2 Å². The summed E-state index contributed by atoms with van der Waals surface area (Å²) < 4.78 is 43.5. The van der Waals surface area contributed by atoms with Crippen LogP contribution in [0.3, 0.4) is 0 Å². The van der Waals surface area contributed by atoms with E-state index in [9.17, 15) is 22.4 Å². The number of benzene rings is 3. The number of aryl methyl sites for hydroxylation is 1. The lowest BCUT2D eigenvalue weighted by molar-refractivity contribution is -0.140. The van der Waals surface area contributed by atoms with E-state index >= 15 is 0 Å². The predicted octanol–water partition coefficient (Wildman–Crippen LogP) is 4.97. The van der Waals surface area contributed by atoms with Gasteiger partial charge in [0.05, 0.1) is 10.6 Å². The number of rotatable bonds is 9. The lowest BCUT2D eigenvalue weighted by Crippen LogP contribution is -2.54. The summed E-state index contributed by atoms with van der Waals surface area (Å²) in [5.74, 6) is -1.60. The molecule has 3 aromatic rings. The Kier molecular flexibility index (Phi) is 9.17. The van der Waals surface area contributed by atoms with Crippen molar-refractivity contribution in [1.82, 2.24) is 10.2 Å². The van der Waals surface area contributed by atoms with Gasteiger partial charge in [0.2, 0.25) is 11.8 Å². The number of halogens is 1. The fourth-order valence-electron chi connectivity index (χ4n) is 4.11. The maximum atomic E-state index is 14.6. The Morgan fingerprint density at radius 3 is 2.15 bits per heavy atom. The Morgan fingerprint density at radius 2 is 1.54 bits per heavy atom. The zero-order chi connectivity index (χ0) is 29.0. The molecule has 0 saturated heterocycles. The van der Waals surface area contributed by atoms with Crippen molar-refractivity contribution < 1.29 is 22.4 Å². The summed E-state index contributed by atoms with van der Waals surface area (Å²) in [6, 6.07) is 18.1. The van der Waals surface area contributed by atoms with E-state index in [0.717, 1.165) is 9.87 Å². The molecule has 0 aliphatic carbocycles. The standard InChI is InChI=1S/C30H36FN3O4S/c1-21-13-12-18-27(22(21)2)34(39(37,38)25-15-8-7-9-16-25)20-28(35)33(19-24-14-10-11-17-26(24)31)23(3)29(36)32-30(4,5)6/h7-18,23H,19-20H2,1-6H3,(H,32,36)/t23-/m1/s1. The van der Waals surface area contributed by atoms with Gasteiger partial charge in [0.15, 0.2) is 0 Å². The molecule has 1 atom stereocenters. The Balaban J connectivity index is 2.08. The molecular weight excluding hydrogens is 517 g/mol. The SMILES string of the molecule is Cc1cccc(N(CC(=O)N(Cc2ccccc2F)[C@H](C)C(=O)NC(C)(C)C)S(=O)(=O)c2ccccc2)c1C. The lowest BCUT2D eigenvalue weighted by Gasteiger charge is -2.34. The highest BCUT2D eigenvalue weighted by molar-refractivity contribution is 7.92. The smallest absolute Gasteiger partial charge is 0.264 e. The minimum atomic E-state index is -4.17. The molecule has 0 radical (unpaired) electrons. The van der Waals surface area contributed by atoms with E-state index in [0.29, 0.717) is 11.3 Å². The molecule has 7 nitrogen and oxygen atoms in total. The van der Waals surface area contributed by atoms with Gasteiger partial charge in [0.1, 0.15) is 18.4 Å². The van der Waals surface area contributed by atoms with Crippen molar-refractivity contribution >= 4 is 27.5 Å². The molecule has 208 valence electrons. The summed E-state index contributed by atoms with van der Waals surface area (Å²) in [4.78, 5) is 28.3. The quantitative estimate of drug-likeness (QED) is 0.405. The van der Waals surface area contributed by atoms with Crippen molar-refractivity contribution in [3.8, 4) is 0 Å². The van der Waals surface area contributed by atoms with Gasteiger partial charge >= 0.3 is 0 Å². The highest BCUT2D eigenvalue weighted by atomic mass is 32.2. The highest BCUT2D eigenvalue weighted by Gasteiger charge is 2.34. The fourth-order valence-corrected chi connectivity index (χ4v) is 5.60. The van der Waals surface area contributed by atoms with Crippen molar-refractivity contribution in [3.63, 3.8) is 0 Å². The van der Waals surface area contributed by atoms with Crippen LogP contribution in [0.5, 0.6) is 0 Å². The van der Waals surface area contributed by atoms with Crippen molar-refractivity contribution in [2.45, 2.75) is 64.6 Å². The minimum Gasteiger partial charge on any atom is -0.350 e. The van der Waals surface area contributed by atoms with Crippen LogP contribution in [0.2, 0.25) is 0 Å². The van der Waals surface area contributed by atoms with E-state index in [4.69, 9.17) is 0 Å². The third-order valence-electron chi connectivity index (χ3n) is 6.42. The molecule has 39 heavy (non-hydrogen) atoms. The van der Waals surface area contributed by atoms with Crippen LogP contribution >= 0.6 is 0 Å². The molecule has 0 saturated carbocycles. The van der Waals surface area contributed by atoms with Gasteiger partial charge in [-0.15, -0.1) is 0 Å². The van der Waals surface area contributed by atoms with E-state index in [1.165, 1.54) is 35.2 Å². The highest BCUT2D eigenvalue weighted by Crippen LogP contribution is 2.29. The van der Waals surface area contributed by atoms with Crippen molar-refractivity contribution in [1.29, 1.82) is 0 Å². The Morgan fingerprint density at radius 1 is 0.923 bits per heavy atom. The first-order chi connectivity index (χ1) is 18.2. The van der Waals surface area contributed by atoms with Gasteiger partial charge in [-0.05, 0) is 76.9 Å². The molecule has 2 amide bonds. The lowest BCUT2D eigenvalue weighted by atomic mass is 10.1. The number of amides is 2. The molecule has 0 heterocycles. The largest absolute Gasteiger partial charge is 0.350 e. The van der Waals surface area contributed by atoms with Crippen molar-refractivity contribution in [2.24, 2.45) is 0 Å². The third kappa shape index (κ3) is 7.23. The Bertz CT molecular complexity index is 1440. The number of carbonyl (C=O) groups is 2. The molecule has 0 aromatic heterocycles. The van der Waals surface area contributed by atoms with Crippen LogP contribution in [0, 0.1) is 19.7 Å². The van der Waals surface area contributed by atoms with Gasteiger partial charge in [-0.2, -0.15) is 0 Å². The molecule has 3 aromatic carbocycles. The molecule has 0 spiro atoms. The van der Waals surface area contributed by atoms with Crippen LogP contribution < -0.4 is 9.62 Å². The molecular formula is C30H36FN3O4S. The molecule has 0 unspecified atom stereocenters. The molecule has 3 rings (SSSR count). The number of hydrogen-bond donors (Lipinski definition) is 1. The van der Waals surface area contributed by atoms with Crippen LogP contribution in [0.1, 0.15) is 44.4 Å². The van der Waals surface area contributed by atoms with Gasteiger partial charge in [0.25, 0.3) is 10.0 Å². The number of sulfonamides is 1. The molecule has 1 N–H and O–H groups in total. The zero-order valence-corrected chi connectivity index (χ0v) is 24.0. The van der Waals surface area contributed by atoms with E-state index in [2.05, 4.69) is 5.32 Å². The number of nitrogens with zero attached hydrogens (tertiary/aromatic N) is 2. The summed E-state index contributed by atoms with van der Waals surface area (Å²) in [6.45, 7) is 9.85. The monoisotopic (exact) mass is 553 g/mol. The van der Waals surface area contributed by atoms with Gasteiger partial charge in [-0.3, -0.25) is 13.9 Å². The summed E-state index contributed by atoms with van der Waals surface area (Å²) in [7, 11) is -4.17. The average Bonchev–Trinajstić information content (AvgIpc) is 2.87. The first-order valence-corrected chi connectivity index (χ1v) is 14.2. The molecule has 0 fully saturated rings. The zero-order valence-electron chi connectivity index (χ0n) is 23.2. The minimum absolute atomic E-state index is 0.0258. The van der Waals surface area contributed by atoms with Gasteiger partial charge < -0.3 is 10.2 Å². The first kappa shape index (κ1) is 29.8. The van der Waals surface area contributed by atoms with Gasteiger partial charge in [0, 0.05) is 17.6 Å². The van der Waals surface area contributed by atoms with Crippen LogP contribution in [-0.2, 0) is 26.2 Å². The molecule has 0 aliphatic rings. The predicted molar refractivity (Wildman–Crippen MR) is 151 cm³/mol. The Labute approximate surface area is 230 Å². The first-order valence-electron chi connectivity index (χ1n) is 12.7. The van der Waals surface area contributed by atoms with E-state index < -0.39 is 45.8 Å². The number of carbonyl (C=O) groups excluding carboxylic acids is 2. The summed E-state index contributed by atoms with van der Waals surface area (Å²) >= 11 is 0. The second-order valence-corrected chi connectivity index (χ2v) is 12.4. The van der Waals surface area contributed by atoms with Crippen molar-refractivity contribution in [2.75, 3.05) is 10.8 Å². The van der Waals surface area contributed by atoms with Gasteiger partial charge in [-0.25, -0.2) is 12.8 Å². The summed E-state index contributed by atoms with van der Waals surface area (Å²) in [6.07, 6.45) is 0. The van der Waals surface area contributed by atoms with Crippen LogP contribution in [-0.4, -0.2) is 43.3 Å².